The van der Waals surface area contributed by atoms with E-state index < -0.39 is 27.2 Å². The molecule has 0 amide bonds. The standard InChI is InChI=1S/C28H36N4O6S/c33-27-25(26(28(27)34)31-23-14-17-29-18-15-23)30-16-8-2-1-3-9-19-32(38-24-13-7-10-20-37-24)39(35,36)21-22-11-5-4-6-12-22/h4-6,11-12,14-15,17-18,24,30H,1-3,7-10,13,16,19-21H2,(H,29,31). The summed E-state index contributed by atoms with van der Waals surface area (Å²) in [5.41, 5.74) is 0.971. The molecule has 1 aliphatic heterocycles. The van der Waals surface area contributed by atoms with E-state index in [9.17, 15) is 18.0 Å². The van der Waals surface area contributed by atoms with Gasteiger partial charge in [0.1, 0.15) is 11.4 Å². The average molecular weight is 557 g/mol. The monoisotopic (exact) mass is 556 g/mol. The van der Waals surface area contributed by atoms with E-state index in [1.54, 1.807) is 36.7 Å². The van der Waals surface area contributed by atoms with Gasteiger partial charge in [-0.05, 0) is 43.4 Å². The van der Waals surface area contributed by atoms with Gasteiger partial charge in [-0.3, -0.25) is 19.4 Å². The Kier molecular flexibility index (Phi) is 10.6. The van der Waals surface area contributed by atoms with Gasteiger partial charge in [-0.15, -0.1) is 0 Å². The average Bonchev–Trinajstić information content (AvgIpc) is 2.96. The summed E-state index contributed by atoms with van der Waals surface area (Å²) in [7, 11) is -3.67. The molecule has 3 aromatic rings. The Morgan fingerprint density at radius 2 is 1.64 bits per heavy atom. The molecule has 10 nitrogen and oxygen atoms in total. The normalized spacial score (nSPS) is 16.0. The summed E-state index contributed by atoms with van der Waals surface area (Å²) in [5, 5.41) is 6.05. The predicted octanol–water partition coefficient (Wildman–Crippen LogP) is 4.07. The number of ether oxygens (including phenoxy) is 1. The number of nitrogens with zero attached hydrogens (tertiary/aromatic N) is 2. The van der Waals surface area contributed by atoms with Gasteiger partial charge < -0.3 is 15.4 Å². The number of sulfonamides is 1. The fourth-order valence-corrected chi connectivity index (χ4v) is 5.80. The third-order valence-corrected chi connectivity index (χ3v) is 8.14. The Hall–Kier alpha value is -3.12. The van der Waals surface area contributed by atoms with Crippen LogP contribution in [0, 0.1) is 0 Å². The molecular weight excluding hydrogens is 520 g/mol. The largest absolute Gasteiger partial charge is 0.380 e. The fraction of sp³-hybridized carbons (Fsp3) is 0.464. The van der Waals surface area contributed by atoms with Crippen LogP contribution in [0.5, 0.6) is 0 Å². The van der Waals surface area contributed by atoms with Crippen molar-refractivity contribution in [2.45, 2.75) is 63.4 Å². The first-order chi connectivity index (χ1) is 18.9. The van der Waals surface area contributed by atoms with Crippen molar-refractivity contribution in [3.63, 3.8) is 0 Å². The third-order valence-electron chi connectivity index (χ3n) is 6.55. The lowest BCUT2D eigenvalue weighted by atomic mass is 10.1. The SMILES string of the molecule is O=c1c(NCCCCCCCN(OC2CCCCO2)S(=O)(=O)Cc2ccccc2)c(Nc2ccncc2)c1=O. The van der Waals surface area contributed by atoms with Gasteiger partial charge in [0.2, 0.25) is 10.0 Å². The van der Waals surface area contributed by atoms with Crippen molar-refractivity contribution in [1.29, 1.82) is 0 Å². The molecule has 1 atom stereocenters. The van der Waals surface area contributed by atoms with Gasteiger partial charge >= 0.3 is 0 Å². The Bertz CT molecular complexity index is 1340. The zero-order valence-electron chi connectivity index (χ0n) is 22.0. The molecule has 1 aromatic heterocycles. The lowest BCUT2D eigenvalue weighted by Gasteiger charge is -2.29. The number of hydrogen-bond donors (Lipinski definition) is 2. The summed E-state index contributed by atoms with van der Waals surface area (Å²) < 4.78 is 33.0. The highest BCUT2D eigenvalue weighted by molar-refractivity contribution is 7.88. The highest BCUT2D eigenvalue weighted by Crippen LogP contribution is 2.21. The maximum absolute atomic E-state index is 13.1. The van der Waals surface area contributed by atoms with E-state index in [4.69, 9.17) is 9.57 Å². The van der Waals surface area contributed by atoms with E-state index in [1.807, 2.05) is 18.2 Å². The van der Waals surface area contributed by atoms with Crippen LogP contribution in [0.3, 0.4) is 0 Å². The van der Waals surface area contributed by atoms with E-state index >= 15 is 0 Å². The van der Waals surface area contributed by atoms with Crippen LogP contribution in [0.25, 0.3) is 0 Å². The van der Waals surface area contributed by atoms with Crippen molar-refractivity contribution < 1.29 is 18.0 Å². The number of rotatable bonds is 16. The van der Waals surface area contributed by atoms with Crippen molar-refractivity contribution in [2.24, 2.45) is 0 Å². The molecule has 2 N–H and O–H groups in total. The van der Waals surface area contributed by atoms with E-state index in [-0.39, 0.29) is 18.0 Å². The fourth-order valence-electron chi connectivity index (χ4n) is 4.41. The van der Waals surface area contributed by atoms with Gasteiger partial charge in [-0.1, -0.05) is 54.1 Å². The molecule has 0 radical (unpaired) electrons. The van der Waals surface area contributed by atoms with Gasteiger partial charge in [-0.2, -0.15) is 0 Å². The highest BCUT2D eigenvalue weighted by Gasteiger charge is 2.28. The molecule has 39 heavy (non-hydrogen) atoms. The zero-order valence-corrected chi connectivity index (χ0v) is 22.8. The zero-order chi connectivity index (χ0) is 27.5. The van der Waals surface area contributed by atoms with E-state index in [1.165, 1.54) is 0 Å². The third kappa shape index (κ3) is 8.43. The van der Waals surface area contributed by atoms with Crippen LogP contribution in [0.2, 0.25) is 0 Å². The van der Waals surface area contributed by atoms with Gasteiger partial charge in [-0.25, -0.2) is 8.42 Å². The van der Waals surface area contributed by atoms with Crippen LogP contribution in [0.4, 0.5) is 17.1 Å². The number of unbranched alkanes of at least 4 members (excludes halogenated alkanes) is 4. The first-order valence-corrected chi connectivity index (χ1v) is 15.1. The van der Waals surface area contributed by atoms with Crippen molar-refractivity contribution >= 4 is 27.1 Å². The molecule has 11 heteroatoms. The van der Waals surface area contributed by atoms with E-state index in [2.05, 4.69) is 15.6 Å². The second kappa shape index (κ2) is 14.3. The molecular formula is C28H36N4O6S. The minimum atomic E-state index is -3.67. The van der Waals surface area contributed by atoms with Crippen molar-refractivity contribution in [1.82, 2.24) is 9.45 Å². The molecule has 2 heterocycles. The van der Waals surface area contributed by atoms with Crippen LogP contribution >= 0.6 is 0 Å². The summed E-state index contributed by atoms with van der Waals surface area (Å²) in [6.45, 7) is 1.40. The molecule has 210 valence electrons. The number of benzene rings is 1. The van der Waals surface area contributed by atoms with Gasteiger partial charge in [0.05, 0.1) is 5.75 Å². The molecule has 1 unspecified atom stereocenters. The number of anilines is 3. The summed E-state index contributed by atoms with van der Waals surface area (Å²) in [4.78, 5) is 33.7. The van der Waals surface area contributed by atoms with E-state index in [0.29, 0.717) is 42.9 Å². The number of nitrogens with one attached hydrogen (secondary N) is 2. The van der Waals surface area contributed by atoms with Gasteiger partial charge in [0, 0.05) is 44.2 Å². The Labute approximate surface area is 229 Å². The minimum absolute atomic E-state index is 0.124. The number of pyridine rings is 1. The van der Waals surface area contributed by atoms with Crippen molar-refractivity contribution in [2.75, 3.05) is 30.3 Å². The van der Waals surface area contributed by atoms with Gasteiger partial charge in [0.15, 0.2) is 6.29 Å². The molecule has 0 aliphatic carbocycles. The van der Waals surface area contributed by atoms with Crippen LogP contribution in [0.15, 0.2) is 64.4 Å². The maximum Gasteiger partial charge on any atom is 0.253 e. The molecule has 4 rings (SSSR count). The first-order valence-electron chi connectivity index (χ1n) is 13.5. The lowest BCUT2D eigenvalue weighted by molar-refractivity contribution is -0.252. The Morgan fingerprint density at radius 1 is 0.923 bits per heavy atom. The van der Waals surface area contributed by atoms with Crippen LogP contribution < -0.4 is 21.5 Å². The molecule has 1 fully saturated rings. The van der Waals surface area contributed by atoms with E-state index in [0.717, 1.165) is 43.0 Å². The van der Waals surface area contributed by atoms with Crippen LogP contribution in [-0.4, -0.2) is 43.9 Å². The highest BCUT2D eigenvalue weighted by atomic mass is 32.2. The predicted molar refractivity (Wildman–Crippen MR) is 151 cm³/mol. The summed E-state index contributed by atoms with van der Waals surface area (Å²) in [6, 6.07) is 12.5. The topological polar surface area (TPSA) is 127 Å². The Balaban J connectivity index is 1.19. The molecule has 0 saturated carbocycles. The molecule has 0 bridgehead atoms. The smallest absolute Gasteiger partial charge is 0.253 e. The molecule has 2 aromatic carbocycles. The molecule has 1 saturated heterocycles. The second-order valence-corrected chi connectivity index (χ2v) is 11.5. The number of aromatic nitrogens is 1. The number of hydrogen-bond acceptors (Lipinski definition) is 9. The second-order valence-electron chi connectivity index (χ2n) is 9.63. The first kappa shape index (κ1) is 28.9. The summed E-state index contributed by atoms with van der Waals surface area (Å²) in [6.07, 6.45) is 9.37. The minimum Gasteiger partial charge on any atom is -0.380 e. The van der Waals surface area contributed by atoms with Crippen LogP contribution in [0.1, 0.15) is 56.9 Å². The Morgan fingerprint density at radius 3 is 2.38 bits per heavy atom. The number of hydroxylamine groups is 1. The molecule has 0 spiro atoms. The summed E-state index contributed by atoms with van der Waals surface area (Å²) in [5.74, 6) is -0.124. The van der Waals surface area contributed by atoms with Crippen molar-refractivity contribution in [3.05, 3.63) is 80.9 Å². The molecule has 1 aliphatic rings. The van der Waals surface area contributed by atoms with Gasteiger partial charge in [0.25, 0.3) is 10.9 Å². The summed E-state index contributed by atoms with van der Waals surface area (Å²) >= 11 is 0. The lowest BCUT2D eigenvalue weighted by Crippen LogP contribution is -2.38. The van der Waals surface area contributed by atoms with Crippen LogP contribution in [-0.2, 0) is 25.4 Å². The van der Waals surface area contributed by atoms with Crippen molar-refractivity contribution in [3.8, 4) is 0 Å². The quantitative estimate of drug-likeness (QED) is 0.152. The maximum atomic E-state index is 13.1.